The number of hydrogen-bond donors (Lipinski definition) is 1. The SMILES string of the molecule is CNc1nc(N(C)Cc2ccc(Cl)cc2)c(F)cc1F. The van der Waals surface area contributed by atoms with Gasteiger partial charge in [-0.15, -0.1) is 0 Å². The number of nitrogens with one attached hydrogen (secondary N) is 1. The van der Waals surface area contributed by atoms with E-state index in [1.165, 1.54) is 7.05 Å². The molecule has 6 heteroatoms. The third kappa shape index (κ3) is 3.17. The van der Waals surface area contributed by atoms with Crippen molar-refractivity contribution in [3.8, 4) is 0 Å². The summed E-state index contributed by atoms with van der Waals surface area (Å²) < 4.78 is 27.2. The van der Waals surface area contributed by atoms with Gasteiger partial charge >= 0.3 is 0 Å². The molecule has 0 aliphatic carbocycles. The molecule has 0 atom stereocenters. The Kier molecular flexibility index (Phi) is 4.39. The second-order valence-electron chi connectivity index (χ2n) is 4.36. The summed E-state index contributed by atoms with van der Waals surface area (Å²) >= 11 is 5.81. The molecule has 1 aromatic heterocycles. The first-order valence-electron chi connectivity index (χ1n) is 6.00. The molecule has 20 heavy (non-hydrogen) atoms. The molecule has 2 rings (SSSR count). The number of rotatable bonds is 4. The van der Waals surface area contributed by atoms with Crippen LogP contribution in [0, 0.1) is 11.6 Å². The fourth-order valence-electron chi connectivity index (χ4n) is 1.84. The van der Waals surface area contributed by atoms with Crippen LogP contribution in [0.25, 0.3) is 0 Å². The number of nitrogens with zero attached hydrogens (tertiary/aromatic N) is 2. The van der Waals surface area contributed by atoms with Gasteiger partial charge in [0.15, 0.2) is 23.3 Å². The number of aromatic nitrogens is 1. The Bertz CT molecular complexity index is 602. The van der Waals surface area contributed by atoms with E-state index in [0.717, 1.165) is 11.6 Å². The van der Waals surface area contributed by atoms with Crippen molar-refractivity contribution in [2.24, 2.45) is 0 Å². The monoisotopic (exact) mass is 297 g/mol. The first kappa shape index (κ1) is 14.5. The third-order valence-electron chi connectivity index (χ3n) is 2.84. The van der Waals surface area contributed by atoms with Crippen LogP contribution in [-0.2, 0) is 6.54 Å². The van der Waals surface area contributed by atoms with Crippen LogP contribution < -0.4 is 10.2 Å². The summed E-state index contributed by atoms with van der Waals surface area (Å²) in [5.41, 5.74) is 0.952. The van der Waals surface area contributed by atoms with Crippen LogP contribution in [0.4, 0.5) is 20.4 Å². The van der Waals surface area contributed by atoms with Crippen molar-refractivity contribution in [2.75, 3.05) is 24.3 Å². The van der Waals surface area contributed by atoms with Crippen LogP contribution in [-0.4, -0.2) is 19.1 Å². The summed E-state index contributed by atoms with van der Waals surface area (Å²) in [4.78, 5) is 5.55. The maximum atomic E-state index is 13.8. The van der Waals surface area contributed by atoms with Crippen LogP contribution in [0.5, 0.6) is 0 Å². The van der Waals surface area contributed by atoms with Gasteiger partial charge in [0.2, 0.25) is 0 Å². The van der Waals surface area contributed by atoms with E-state index in [1.807, 2.05) is 12.1 Å². The molecule has 0 aliphatic heterocycles. The van der Waals surface area contributed by atoms with E-state index >= 15 is 0 Å². The Labute approximate surface area is 121 Å². The molecule has 2 aromatic rings. The van der Waals surface area contributed by atoms with Gasteiger partial charge in [0.1, 0.15) is 0 Å². The molecule has 0 saturated carbocycles. The molecule has 3 nitrogen and oxygen atoms in total. The van der Waals surface area contributed by atoms with Crippen molar-refractivity contribution < 1.29 is 8.78 Å². The fraction of sp³-hybridized carbons (Fsp3) is 0.214. The van der Waals surface area contributed by atoms with Crippen molar-refractivity contribution in [1.82, 2.24) is 4.98 Å². The second kappa shape index (κ2) is 6.05. The van der Waals surface area contributed by atoms with Gasteiger partial charge in [0.05, 0.1) is 0 Å². The van der Waals surface area contributed by atoms with Crippen LogP contribution in [0.15, 0.2) is 30.3 Å². The van der Waals surface area contributed by atoms with Gasteiger partial charge in [-0.2, -0.15) is 0 Å². The van der Waals surface area contributed by atoms with Gasteiger partial charge in [0, 0.05) is 31.7 Å². The highest BCUT2D eigenvalue weighted by atomic mass is 35.5. The molecule has 0 aliphatic rings. The van der Waals surface area contributed by atoms with Crippen molar-refractivity contribution in [1.29, 1.82) is 0 Å². The van der Waals surface area contributed by atoms with Crippen molar-refractivity contribution in [2.45, 2.75) is 6.54 Å². The number of halogens is 3. The molecule has 0 spiro atoms. The lowest BCUT2D eigenvalue weighted by molar-refractivity contribution is 0.573. The molecule has 0 saturated heterocycles. The zero-order chi connectivity index (χ0) is 14.7. The van der Waals surface area contributed by atoms with E-state index in [4.69, 9.17) is 11.6 Å². The van der Waals surface area contributed by atoms with E-state index in [9.17, 15) is 8.78 Å². The smallest absolute Gasteiger partial charge is 0.168 e. The topological polar surface area (TPSA) is 28.2 Å². The van der Waals surface area contributed by atoms with Crippen LogP contribution >= 0.6 is 11.6 Å². The van der Waals surface area contributed by atoms with Gasteiger partial charge in [0.25, 0.3) is 0 Å². The average Bonchev–Trinajstić information content (AvgIpc) is 2.41. The molecule has 1 heterocycles. The van der Waals surface area contributed by atoms with Crippen LogP contribution in [0.1, 0.15) is 5.56 Å². The normalized spacial score (nSPS) is 10.4. The summed E-state index contributed by atoms with van der Waals surface area (Å²) in [6.07, 6.45) is 0. The summed E-state index contributed by atoms with van der Waals surface area (Å²) in [6.45, 7) is 0.440. The quantitative estimate of drug-likeness (QED) is 0.933. The van der Waals surface area contributed by atoms with Gasteiger partial charge in [-0.25, -0.2) is 13.8 Å². The maximum Gasteiger partial charge on any atom is 0.168 e. The van der Waals surface area contributed by atoms with E-state index in [0.29, 0.717) is 11.6 Å². The predicted octanol–water partition coefficient (Wildman–Crippen LogP) is 3.69. The number of hydrogen-bond acceptors (Lipinski definition) is 3. The first-order valence-corrected chi connectivity index (χ1v) is 6.38. The molecule has 0 bridgehead atoms. The summed E-state index contributed by atoms with van der Waals surface area (Å²) in [5.74, 6) is -1.30. The lowest BCUT2D eigenvalue weighted by Crippen LogP contribution is -2.20. The zero-order valence-electron chi connectivity index (χ0n) is 11.1. The molecular formula is C14H14ClF2N3. The lowest BCUT2D eigenvalue weighted by Gasteiger charge is -2.19. The van der Waals surface area contributed by atoms with Gasteiger partial charge in [-0.1, -0.05) is 23.7 Å². The molecule has 0 fully saturated rings. The van der Waals surface area contributed by atoms with Crippen molar-refractivity contribution in [3.05, 3.63) is 52.6 Å². The molecule has 1 N–H and O–H groups in total. The molecule has 1 aromatic carbocycles. The van der Waals surface area contributed by atoms with Gasteiger partial charge in [-0.3, -0.25) is 0 Å². The Morgan fingerprint density at radius 3 is 2.45 bits per heavy atom. The van der Waals surface area contributed by atoms with E-state index in [2.05, 4.69) is 10.3 Å². The standard InChI is InChI=1S/C14H14ClF2N3/c1-18-13-11(16)7-12(17)14(19-13)20(2)8-9-3-5-10(15)6-4-9/h3-7H,8H2,1-2H3,(H,18,19). The highest BCUT2D eigenvalue weighted by Gasteiger charge is 2.14. The minimum atomic E-state index is -0.714. The van der Waals surface area contributed by atoms with Crippen molar-refractivity contribution in [3.63, 3.8) is 0 Å². The molecule has 0 amide bonds. The molecule has 0 radical (unpaired) electrons. The minimum Gasteiger partial charge on any atom is -0.371 e. The zero-order valence-corrected chi connectivity index (χ0v) is 11.9. The first-order chi connectivity index (χ1) is 9.51. The Balaban J connectivity index is 2.24. The van der Waals surface area contributed by atoms with E-state index in [-0.39, 0.29) is 11.6 Å². The predicted molar refractivity (Wildman–Crippen MR) is 77.3 cm³/mol. The Morgan fingerprint density at radius 1 is 1.20 bits per heavy atom. The molecule has 0 unspecified atom stereocenters. The highest BCUT2D eigenvalue weighted by Crippen LogP contribution is 2.22. The van der Waals surface area contributed by atoms with Gasteiger partial charge < -0.3 is 10.2 Å². The number of anilines is 2. The van der Waals surface area contributed by atoms with Gasteiger partial charge in [-0.05, 0) is 17.7 Å². The largest absolute Gasteiger partial charge is 0.371 e. The molecule has 106 valence electrons. The minimum absolute atomic E-state index is 0.0179. The summed E-state index contributed by atoms with van der Waals surface area (Å²) in [6, 6.07) is 8.04. The summed E-state index contributed by atoms with van der Waals surface area (Å²) in [5, 5.41) is 3.23. The molecular weight excluding hydrogens is 284 g/mol. The van der Waals surface area contributed by atoms with E-state index < -0.39 is 11.6 Å². The third-order valence-corrected chi connectivity index (χ3v) is 3.09. The van der Waals surface area contributed by atoms with Crippen LogP contribution in [0.3, 0.4) is 0 Å². The van der Waals surface area contributed by atoms with Crippen LogP contribution in [0.2, 0.25) is 5.02 Å². The average molecular weight is 298 g/mol. The maximum absolute atomic E-state index is 13.8. The second-order valence-corrected chi connectivity index (χ2v) is 4.79. The lowest BCUT2D eigenvalue weighted by atomic mass is 10.2. The number of pyridine rings is 1. The Hall–Kier alpha value is -1.88. The van der Waals surface area contributed by atoms with E-state index in [1.54, 1.807) is 24.1 Å². The fourth-order valence-corrected chi connectivity index (χ4v) is 1.96. The van der Waals surface area contributed by atoms with Crippen molar-refractivity contribution >= 4 is 23.2 Å². The summed E-state index contributed by atoms with van der Waals surface area (Å²) in [7, 11) is 3.23. The Morgan fingerprint density at radius 2 is 1.85 bits per heavy atom. The highest BCUT2D eigenvalue weighted by molar-refractivity contribution is 6.30. The number of benzene rings is 1.